The highest BCUT2D eigenvalue weighted by molar-refractivity contribution is 7.10. The summed E-state index contributed by atoms with van der Waals surface area (Å²) in [7, 11) is 0. The van der Waals surface area contributed by atoms with E-state index in [0.29, 0.717) is 5.56 Å². The van der Waals surface area contributed by atoms with Crippen molar-refractivity contribution in [3.05, 3.63) is 57.8 Å². The van der Waals surface area contributed by atoms with E-state index in [-0.39, 0.29) is 6.42 Å². The fraction of sp³-hybridized carbons (Fsp3) is 0.286. The molecular weight excluding hydrogens is 273 g/mol. The monoisotopic (exact) mass is 286 g/mol. The van der Waals surface area contributed by atoms with Gasteiger partial charge < -0.3 is 5.11 Å². The van der Waals surface area contributed by atoms with Gasteiger partial charge in [-0.1, -0.05) is 18.2 Å². The van der Waals surface area contributed by atoms with Crippen LogP contribution in [-0.4, -0.2) is 5.11 Å². The number of alkyl halides is 3. The smallest absolute Gasteiger partial charge is 0.384 e. The van der Waals surface area contributed by atoms with Crippen LogP contribution in [0.15, 0.2) is 41.8 Å². The molecule has 0 radical (unpaired) electrons. The number of hydrogen-bond donors (Lipinski definition) is 1. The summed E-state index contributed by atoms with van der Waals surface area (Å²) in [6.07, 6.45) is -4.04. The summed E-state index contributed by atoms with van der Waals surface area (Å²) >= 11 is 1.43. The van der Waals surface area contributed by atoms with Crippen molar-refractivity contribution in [3.63, 3.8) is 0 Å². The highest BCUT2D eigenvalue weighted by atomic mass is 32.1. The van der Waals surface area contributed by atoms with E-state index in [1.165, 1.54) is 23.5 Å². The molecule has 1 atom stereocenters. The van der Waals surface area contributed by atoms with Crippen molar-refractivity contribution in [3.8, 4) is 0 Å². The van der Waals surface area contributed by atoms with Crippen LogP contribution >= 0.6 is 11.3 Å². The molecule has 102 valence electrons. The molecule has 0 saturated carbocycles. The van der Waals surface area contributed by atoms with Crippen LogP contribution in [0.3, 0.4) is 0 Å². The molecule has 0 spiro atoms. The molecule has 1 heterocycles. The largest absolute Gasteiger partial charge is 0.416 e. The molecule has 0 fully saturated rings. The Morgan fingerprint density at radius 1 is 1.11 bits per heavy atom. The molecule has 1 N–H and O–H groups in total. The van der Waals surface area contributed by atoms with Gasteiger partial charge in [-0.05, 0) is 36.1 Å². The van der Waals surface area contributed by atoms with E-state index in [2.05, 4.69) is 0 Å². The molecule has 0 bridgehead atoms. The van der Waals surface area contributed by atoms with Gasteiger partial charge in [0.2, 0.25) is 0 Å². The third-order valence-corrected chi connectivity index (χ3v) is 4.00. The zero-order valence-electron chi connectivity index (χ0n) is 10.2. The minimum Gasteiger partial charge on any atom is -0.384 e. The molecule has 0 aliphatic carbocycles. The third-order valence-electron chi connectivity index (χ3n) is 2.88. The van der Waals surface area contributed by atoms with E-state index in [9.17, 15) is 18.3 Å². The minimum atomic E-state index is -4.32. The molecule has 1 unspecified atom stereocenters. The van der Waals surface area contributed by atoms with Crippen LogP contribution in [0.25, 0.3) is 0 Å². The van der Waals surface area contributed by atoms with Gasteiger partial charge in [0.05, 0.1) is 11.2 Å². The maximum absolute atomic E-state index is 12.4. The summed E-state index contributed by atoms with van der Waals surface area (Å²) < 4.78 is 37.3. The Kier molecular flexibility index (Phi) is 3.69. The normalized spacial score (nSPS) is 15.2. The Morgan fingerprint density at radius 3 is 2.21 bits per heavy atom. The third kappa shape index (κ3) is 3.36. The number of thiophene rings is 1. The molecule has 0 aliphatic rings. The van der Waals surface area contributed by atoms with Gasteiger partial charge in [0.15, 0.2) is 0 Å². The quantitative estimate of drug-likeness (QED) is 0.895. The second-order valence-electron chi connectivity index (χ2n) is 4.62. The summed E-state index contributed by atoms with van der Waals surface area (Å²) in [5.41, 5.74) is -1.06. The molecule has 0 amide bonds. The van der Waals surface area contributed by atoms with Crippen molar-refractivity contribution in [2.24, 2.45) is 0 Å². The Morgan fingerprint density at radius 2 is 1.74 bits per heavy atom. The van der Waals surface area contributed by atoms with Gasteiger partial charge in [-0.3, -0.25) is 0 Å². The summed E-state index contributed by atoms with van der Waals surface area (Å²) in [6.45, 7) is 1.66. The van der Waals surface area contributed by atoms with Crippen LogP contribution in [0.2, 0.25) is 0 Å². The molecule has 2 aromatic rings. The Bertz CT molecular complexity index is 527. The molecule has 19 heavy (non-hydrogen) atoms. The first kappa shape index (κ1) is 14.1. The van der Waals surface area contributed by atoms with Crippen molar-refractivity contribution < 1.29 is 18.3 Å². The van der Waals surface area contributed by atoms with Gasteiger partial charge in [0.1, 0.15) is 0 Å². The topological polar surface area (TPSA) is 20.2 Å². The van der Waals surface area contributed by atoms with E-state index in [0.717, 1.165) is 17.0 Å². The number of halogens is 3. The van der Waals surface area contributed by atoms with Gasteiger partial charge >= 0.3 is 6.18 Å². The predicted molar refractivity (Wildman–Crippen MR) is 69.0 cm³/mol. The zero-order valence-corrected chi connectivity index (χ0v) is 11.1. The molecule has 1 nitrogen and oxygen atoms in total. The van der Waals surface area contributed by atoms with Crippen LogP contribution in [-0.2, 0) is 18.2 Å². The lowest BCUT2D eigenvalue weighted by Gasteiger charge is -2.22. The van der Waals surface area contributed by atoms with E-state index >= 15 is 0 Å². The average Bonchev–Trinajstić information content (AvgIpc) is 2.82. The Labute approximate surface area is 113 Å². The van der Waals surface area contributed by atoms with Crippen LogP contribution in [0.4, 0.5) is 13.2 Å². The number of benzene rings is 1. The first-order valence-corrected chi connectivity index (χ1v) is 6.59. The molecule has 5 heteroatoms. The van der Waals surface area contributed by atoms with E-state index in [1.54, 1.807) is 6.92 Å². The minimum absolute atomic E-state index is 0.283. The molecule has 1 aromatic heterocycles. The lowest BCUT2D eigenvalue weighted by molar-refractivity contribution is -0.137. The molecular formula is C14H13F3OS. The summed E-state index contributed by atoms with van der Waals surface area (Å²) in [4.78, 5) is 0.799. The van der Waals surface area contributed by atoms with Gasteiger partial charge in [-0.2, -0.15) is 13.2 Å². The second kappa shape index (κ2) is 4.98. The lowest BCUT2D eigenvalue weighted by Crippen LogP contribution is -2.22. The van der Waals surface area contributed by atoms with Gasteiger partial charge in [-0.25, -0.2) is 0 Å². The zero-order chi connectivity index (χ0) is 14.1. The fourth-order valence-corrected chi connectivity index (χ4v) is 2.67. The van der Waals surface area contributed by atoms with Crippen LogP contribution in [0.5, 0.6) is 0 Å². The van der Waals surface area contributed by atoms with Gasteiger partial charge in [0, 0.05) is 11.3 Å². The average molecular weight is 286 g/mol. The summed E-state index contributed by atoms with van der Waals surface area (Å²) in [5, 5.41) is 12.2. The first-order valence-electron chi connectivity index (χ1n) is 5.71. The molecule has 1 aromatic carbocycles. The SMILES string of the molecule is CC(O)(Cc1ccc(C(F)(F)F)cc1)c1cccs1. The van der Waals surface area contributed by atoms with Crippen molar-refractivity contribution in [2.75, 3.05) is 0 Å². The highest BCUT2D eigenvalue weighted by Gasteiger charge is 2.30. The summed E-state index contributed by atoms with van der Waals surface area (Å²) in [6, 6.07) is 8.55. The highest BCUT2D eigenvalue weighted by Crippen LogP contribution is 2.32. The van der Waals surface area contributed by atoms with Crippen molar-refractivity contribution in [1.82, 2.24) is 0 Å². The van der Waals surface area contributed by atoms with Crippen LogP contribution < -0.4 is 0 Å². The lowest BCUT2D eigenvalue weighted by atomic mass is 9.94. The number of hydrogen-bond acceptors (Lipinski definition) is 2. The van der Waals surface area contributed by atoms with Crippen molar-refractivity contribution >= 4 is 11.3 Å². The maximum Gasteiger partial charge on any atom is 0.416 e. The number of aliphatic hydroxyl groups is 1. The Balaban J connectivity index is 2.16. The van der Waals surface area contributed by atoms with Gasteiger partial charge in [0.25, 0.3) is 0 Å². The summed E-state index contributed by atoms with van der Waals surface area (Å²) in [5.74, 6) is 0. The predicted octanol–water partition coefficient (Wildman–Crippen LogP) is 4.22. The van der Waals surface area contributed by atoms with Crippen molar-refractivity contribution in [1.29, 1.82) is 0 Å². The van der Waals surface area contributed by atoms with E-state index in [4.69, 9.17) is 0 Å². The maximum atomic E-state index is 12.4. The first-order chi connectivity index (χ1) is 8.79. The van der Waals surface area contributed by atoms with Crippen molar-refractivity contribution in [2.45, 2.75) is 25.1 Å². The number of rotatable bonds is 3. The molecule has 2 rings (SSSR count). The molecule has 0 aliphatic heterocycles. The second-order valence-corrected chi connectivity index (χ2v) is 5.57. The molecule has 0 saturated heterocycles. The fourth-order valence-electron chi connectivity index (χ4n) is 1.88. The van der Waals surface area contributed by atoms with E-state index in [1.807, 2.05) is 17.5 Å². The Hall–Kier alpha value is -1.33. The van der Waals surface area contributed by atoms with E-state index < -0.39 is 17.3 Å². The van der Waals surface area contributed by atoms with Gasteiger partial charge in [-0.15, -0.1) is 11.3 Å². The van der Waals surface area contributed by atoms with Crippen LogP contribution in [0, 0.1) is 0 Å². The van der Waals surface area contributed by atoms with Crippen LogP contribution in [0.1, 0.15) is 22.9 Å². The standard InChI is InChI=1S/C14H13F3OS/c1-13(18,12-3-2-8-19-12)9-10-4-6-11(7-5-10)14(15,16)17/h2-8,18H,9H2,1H3.